The molecule has 4 nitrogen and oxygen atoms in total. The van der Waals surface area contributed by atoms with Crippen LogP contribution in [0.3, 0.4) is 0 Å². The van der Waals surface area contributed by atoms with Gasteiger partial charge < -0.3 is 9.84 Å². The lowest BCUT2D eigenvalue weighted by Crippen LogP contribution is -2.42. The minimum atomic E-state index is -0.146. The molecule has 1 aromatic heterocycles. The van der Waals surface area contributed by atoms with Gasteiger partial charge in [-0.1, -0.05) is 0 Å². The smallest absolute Gasteiger partial charge is 0.280 e. The highest BCUT2D eigenvalue weighted by Crippen LogP contribution is 2.09. The zero-order valence-corrected chi connectivity index (χ0v) is 6.09. The fourth-order valence-electron chi connectivity index (χ4n) is 1.20. The minimum Gasteiger partial charge on any atom is -0.384 e. The third-order valence-electron chi connectivity index (χ3n) is 1.93. The molecule has 1 aliphatic rings. The summed E-state index contributed by atoms with van der Waals surface area (Å²) in [6.45, 7) is 2.07. The molecule has 0 atom stereocenters. The Labute approximate surface area is 63.6 Å². The second kappa shape index (κ2) is 2.54. The van der Waals surface area contributed by atoms with Crippen molar-refractivity contribution in [3.63, 3.8) is 0 Å². The van der Waals surface area contributed by atoms with E-state index < -0.39 is 0 Å². The average molecular weight is 154 g/mol. The van der Waals surface area contributed by atoms with Crippen LogP contribution in [0.15, 0.2) is 15.4 Å². The second-order valence-electron chi connectivity index (χ2n) is 2.91. The van der Waals surface area contributed by atoms with Crippen LogP contribution in [-0.2, 0) is 6.42 Å². The monoisotopic (exact) mass is 154 g/mol. The van der Waals surface area contributed by atoms with Crippen LogP contribution in [0.5, 0.6) is 0 Å². The summed E-state index contributed by atoms with van der Waals surface area (Å²) < 4.78 is 4.91. The van der Waals surface area contributed by atoms with Gasteiger partial charge in [-0.15, -0.1) is 0 Å². The van der Waals surface area contributed by atoms with E-state index in [2.05, 4.69) is 10.5 Å². The van der Waals surface area contributed by atoms with Crippen molar-refractivity contribution in [1.82, 2.24) is 10.5 Å². The molecule has 0 unspecified atom stereocenters. The molecule has 0 radical (unpaired) electrons. The zero-order chi connectivity index (χ0) is 7.68. The Hall–Kier alpha value is -1.03. The van der Waals surface area contributed by atoms with E-state index in [1.165, 1.54) is 6.07 Å². The molecule has 2 rings (SSSR count). The molecule has 1 fully saturated rings. The highest BCUT2D eigenvalue weighted by atomic mass is 16.5. The van der Waals surface area contributed by atoms with Gasteiger partial charge in [0.15, 0.2) is 0 Å². The maximum atomic E-state index is 10.6. The molecule has 11 heavy (non-hydrogen) atoms. The lowest BCUT2D eigenvalue weighted by atomic mass is 9.98. The Bertz CT molecular complexity index is 285. The summed E-state index contributed by atoms with van der Waals surface area (Å²) in [5.41, 5.74) is -0.146. The summed E-state index contributed by atoms with van der Waals surface area (Å²) in [6, 6.07) is 1.51. The van der Waals surface area contributed by atoms with Gasteiger partial charge in [-0.25, -0.2) is 0 Å². The van der Waals surface area contributed by atoms with Gasteiger partial charge in [-0.2, -0.15) is 5.16 Å². The summed E-state index contributed by atoms with van der Waals surface area (Å²) in [4.78, 5) is 10.6. The number of hydrogen-bond donors (Lipinski definition) is 2. The Morgan fingerprint density at radius 3 is 2.91 bits per heavy atom. The topological polar surface area (TPSA) is 58.0 Å². The quantitative estimate of drug-likeness (QED) is 0.616. The van der Waals surface area contributed by atoms with E-state index in [0.717, 1.165) is 25.3 Å². The van der Waals surface area contributed by atoms with E-state index in [9.17, 15) is 4.79 Å². The molecular formula is C7H10N2O2. The maximum Gasteiger partial charge on any atom is 0.280 e. The first-order chi connectivity index (χ1) is 5.34. The molecule has 2 heterocycles. The molecule has 0 aromatic carbocycles. The summed E-state index contributed by atoms with van der Waals surface area (Å²) in [6.07, 6.45) is 0.867. The molecular weight excluding hydrogens is 144 g/mol. The number of aromatic amines is 1. The van der Waals surface area contributed by atoms with Crippen LogP contribution in [0.4, 0.5) is 0 Å². The van der Waals surface area contributed by atoms with E-state index >= 15 is 0 Å². The van der Waals surface area contributed by atoms with Crippen molar-refractivity contribution in [2.24, 2.45) is 5.92 Å². The molecule has 4 heteroatoms. The average Bonchev–Trinajstić information content (AvgIpc) is 2.27. The number of H-pyrrole nitrogens is 1. The molecule has 0 saturated carbocycles. The van der Waals surface area contributed by atoms with Gasteiger partial charge >= 0.3 is 0 Å². The van der Waals surface area contributed by atoms with Gasteiger partial charge in [0.2, 0.25) is 0 Å². The standard InChI is InChI=1S/C7H10N2O2/c10-7-2-6(11-9-7)1-5-3-8-4-5/h2,5,8H,1,3-4H2,(H,9,10). The maximum absolute atomic E-state index is 10.6. The molecule has 1 saturated heterocycles. The third kappa shape index (κ3) is 1.35. The van der Waals surface area contributed by atoms with Crippen LogP contribution in [0.25, 0.3) is 0 Å². The summed E-state index contributed by atoms with van der Waals surface area (Å²) in [7, 11) is 0. The van der Waals surface area contributed by atoms with E-state index in [1.807, 2.05) is 0 Å². The largest absolute Gasteiger partial charge is 0.384 e. The lowest BCUT2D eigenvalue weighted by molar-refractivity contribution is 0.299. The molecule has 1 aliphatic heterocycles. The highest BCUT2D eigenvalue weighted by molar-refractivity contribution is 4.97. The molecule has 0 aliphatic carbocycles. The van der Waals surface area contributed by atoms with E-state index in [4.69, 9.17) is 4.52 Å². The van der Waals surface area contributed by atoms with Crippen molar-refractivity contribution in [2.45, 2.75) is 6.42 Å². The molecule has 0 amide bonds. The number of aromatic nitrogens is 1. The molecule has 2 N–H and O–H groups in total. The molecule has 0 spiro atoms. The number of rotatable bonds is 2. The van der Waals surface area contributed by atoms with Gasteiger partial charge in [-0.05, 0) is 19.0 Å². The summed E-state index contributed by atoms with van der Waals surface area (Å²) >= 11 is 0. The predicted octanol–water partition coefficient (Wildman–Crippen LogP) is -0.270. The number of nitrogens with one attached hydrogen (secondary N) is 2. The van der Waals surface area contributed by atoms with E-state index in [1.54, 1.807) is 0 Å². The van der Waals surface area contributed by atoms with Crippen LogP contribution >= 0.6 is 0 Å². The zero-order valence-electron chi connectivity index (χ0n) is 6.09. The van der Waals surface area contributed by atoms with Crippen LogP contribution < -0.4 is 10.9 Å². The molecule has 1 aromatic rings. The van der Waals surface area contributed by atoms with Gasteiger partial charge in [0, 0.05) is 12.5 Å². The lowest BCUT2D eigenvalue weighted by Gasteiger charge is -2.25. The fraction of sp³-hybridized carbons (Fsp3) is 0.571. The second-order valence-corrected chi connectivity index (χ2v) is 2.91. The molecule has 0 bridgehead atoms. The van der Waals surface area contributed by atoms with Crippen molar-refractivity contribution >= 4 is 0 Å². The van der Waals surface area contributed by atoms with Crippen molar-refractivity contribution in [3.8, 4) is 0 Å². The first-order valence-corrected chi connectivity index (χ1v) is 3.73. The van der Waals surface area contributed by atoms with Crippen molar-refractivity contribution in [1.29, 1.82) is 0 Å². The first kappa shape index (κ1) is 6.67. The fourth-order valence-corrected chi connectivity index (χ4v) is 1.20. The van der Waals surface area contributed by atoms with Gasteiger partial charge in [0.05, 0.1) is 0 Å². The Balaban J connectivity index is 2.00. The van der Waals surface area contributed by atoms with Crippen LogP contribution in [-0.4, -0.2) is 18.2 Å². The Morgan fingerprint density at radius 1 is 1.64 bits per heavy atom. The SMILES string of the molecule is O=c1cc(CC2CNC2)o[nH]1. The Kier molecular flexibility index (Phi) is 1.54. The van der Waals surface area contributed by atoms with Crippen molar-refractivity contribution < 1.29 is 4.52 Å². The van der Waals surface area contributed by atoms with Crippen LogP contribution in [0.2, 0.25) is 0 Å². The normalized spacial score (nSPS) is 18.2. The van der Waals surface area contributed by atoms with E-state index in [0.29, 0.717) is 5.92 Å². The first-order valence-electron chi connectivity index (χ1n) is 3.73. The predicted molar refractivity (Wildman–Crippen MR) is 39.4 cm³/mol. The van der Waals surface area contributed by atoms with Gasteiger partial charge in [-0.3, -0.25) is 4.79 Å². The van der Waals surface area contributed by atoms with Crippen molar-refractivity contribution in [2.75, 3.05) is 13.1 Å². The van der Waals surface area contributed by atoms with Crippen LogP contribution in [0.1, 0.15) is 5.76 Å². The van der Waals surface area contributed by atoms with Crippen LogP contribution in [0, 0.1) is 5.92 Å². The van der Waals surface area contributed by atoms with Crippen molar-refractivity contribution in [3.05, 3.63) is 22.2 Å². The third-order valence-corrected chi connectivity index (χ3v) is 1.93. The number of hydrogen-bond acceptors (Lipinski definition) is 3. The molecule has 60 valence electrons. The van der Waals surface area contributed by atoms with E-state index in [-0.39, 0.29) is 5.56 Å². The van der Waals surface area contributed by atoms with Gasteiger partial charge in [0.25, 0.3) is 5.56 Å². The highest BCUT2D eigenvalue weighted by Gasteiger charge is 2.18. The Morgan fingerprint density at radius 2 is 2.45 bits per heavy atom. The minimum absolute atomic E-state index is 0.146. The van der Waals surface area contributed by atoms with Gasteiger partial charge in [0.1, 0.15) is 5.76 Å². The summed E-state index contributed by atoms with van der Waals surface area (Å²) in [5.74, 6) is 1.41. The summed E-state index contributed by atoms with van der Waals surface area (Å²) in [5, 5.41) is 5.43.